The smallest absolute Gasteiger partial charge is 0.161 e. The summed E-state index contributed by atoms with van der Waals surface area (Å²) in [5.41, 5.74) is 0.852. The lowest BCUT2D eigenvalue weighted by Crippen LogP contribution is -2.48. The third kappa shape index (κ3) is 6.82. The summed E-state index contributed by atoms with van der Waals surface area (Å²) in [5.74, 6) is 2.18. The predicted molar refractivity (Wildman–Crippen MR) is 137 cm³/mol. The van der Waals surface area contributed by atoms with Gasteiger partial charge in [0.2, 0.25) is 0 Å². The fourth-order valence-corrected chi connectivity index (χ4v) is 4.47. The van der Waals surface area contributed by atoms with Crippen LogP contribution >= 0.6 is 23.2 Å². The van der Waals surface area contributed by atoms with Crippen LogP contribution in [0.5, 0.6) is 17.2 Å². The van der Waals surface area contributed by atoms with Crippen LogP contribution in [0.4, 0.5) is 0 Å². The Labute approximate surface area is 216 Å². The number of benzene rings is 2. The lowest BCUT2D eigenvalue weighted by molar-refractivity contribution is -0.0839. The lowest BCUT2D eigenvalue weighted by Gasteiger charge is -2.40. The molecule has 2 heterocycles. The monoisotopic (exact) mass is 519 g/mol. The lowest BCUT2D eigenvalue weighted by atomic mass is 9.91. The van der Waals surface area contributed by atoms with Crippen molar-refractivity contribution in [1.29, 1.82) is 0 Å². The first-order chi connectivity index (χ1) is 17.0. The van der Waals surface area contributed by atoms with E-state index in [1.165, 1.54) is 5.56 Å². The highest BCUT2D eigenvalue weighted by molar-refractivity contribution is 6.42. The maximum atomic E-state index is 6.11. The minimum atomic E-state index is -0.329. The van der Waals surface area contributed by atoms with Gasteiger partial charge < -0.3 is 23.5 Å². The van der Waals surface area contributed by atoms with Crippen LogP contribution in [0.1, 0.15) is 18.4 Å². The van der Waals surface area contributed by atoms with Crippen molar-refractivity contribution in [2.45, 2.75) is 31.5 Å². The van der Waals surface area contributed by atoms with E-state index in [1.54, 1.807) is 38.9 Å². The quantitative estimate of drug-likeness (QED) is 0.341. The molecule has 7 nitrogen and oxygen atoms in total. The number of hydrogen-bond donors (Lipinski definition) is 0. The van der Waals surface area contributed by atoms with E-state index >= 15 is 0 Å². The average Bonchev–Trinajstić information content (AvgIpc) is 3.40. The third-order valence-corrected chi connectivity index (χ3v) is 7.13. The number of ether oxygens (including phenoxy) is 4. The predicted octanol–water partition coefficient (Wildman–Crippen LogP) is 5.34. The van der Waals surface area contributed by atoms with Crippen molar-refractivity contribution in [2.75, 3.05) is 40.5 Å². The zero-order chi connectivity index (χ0) is 24.7. The number of aromatic nitrogens is 2. The third-order valence-electron chi connectivity index (χ3n) is 6.39. The molecule has 3 aromatic rings. The number of rotatable bonds is 11. The molecule has 0 saturated carbocycles. The van der Waals surface area contributed by atoms with Gasteiger partial charge in [0.15, 0.2) is 11.5 Å². The van der Waals surface area contributed by atoms with Crippen LogP contribution in [0.3, 0.4) is 0 Å². The number of nitrogens with zero attached hydrogens (tertiary/aromatic N) is 3. The molecule has 1 saturated heterocycles. The van der Waals surface area contributed by atoms with Gasteiger partial charge in [0.05, 0.1) is 30.0 Å². The second-order valence-corrected chi connectivity index (χ2v) is 9.48. The Hall–Kier alpha value is -2.45. The van der Waals surface area contributed by atoms with Gasteiger partial charge in [-0.1, -0.05) is 29.3 Å². The van der Waals surface area contributed by atoms with Crippen molar-refractivity contribution in [3.05, 3.63) is 70.7 Å². The molecule has 0 aliphatic carbocycles. The van der Waals surface area contributed by atoms with Crippen LogP contribution in [-0.4, -0.2) is 60.6 Å². The topological polar surface area (TPSA) is 58.0 Å². The molecule has 35 heavy (non-hydrogen) atoms. The van der Waals surface area contributed by atoms with E-state index in [0.717, 1.165) is 50.5 Å². The first kappa shape index (κ1) is 25.6. The molecule has 0 bridgehead atoms. The first-order valence-corrected chi connectivity index (χ1v) is 12.4. The van der Waals surface area contributed by atoms with E-state index in [4.69, 9.17) is 42.1 Å². The highest BCUT2D eigenvalue weighted by Crippen LogP contribution is 2.32. The van der Waals surface area contributed by atoms with Crippen LogP contribution in [0, 0.1) is 0 Å². The van der Waals surface area contributed by atoms with Gasteiger partial charge in [-0.15, -0.1) is 0 Å². The Bertz CT molecular complexity index is 1090. The summed E-state index contributed by atoms with van der Waals surface area (Å²) in [7, 11) is 3.41. The highest BCUT2D eigenvalue weighted by atomic mass is 35.5. The molecule has 188 valence electrons. The minimum absolute atomic E-state index is 0.329. The maximum absolute atomic E-state index is 6.11. The molecule has 0 atom stereocenters. The molecular formula is C26H31Cl2N3O4. The van der Waals surface area contributed by atoms with Gasteiger partial charge in [-0.2, -0.15) is 0 Å². The van der Waals surface area contributed by atoms with Crippen molar-refractivity contribution in [3.8, 4) is 17.2 Å². The summed E-state index contributed by atoms with van der Waals surface area (Å²) in [6, 6.07) is 11.4. The second kappa shape index (κ2) is 12.0. The van der Waals surface area contributed by atoms with E-state index in [0.29, 0.717) is 29.0 Å². The SMILES string of the molecule is COc1ccc(CN2CCC(COc3ccc(Cl)c(Cl)c3)(OC)CC2)cc1OCCn1ccnc1. The molecule has 9 heteroatoms. The largest absolute Gasteiger partial charge is 0.493 e. The van der Waals surface area contributed by atoms with Crippen LogP contribution in [0.15, 0.2) is 55.1 Å². The fourth-order valence-electron chi connectivity index (χ4n) is 4.18. The van der Waals surface area contributed by atoms with Crippen molar-refractivity contribution in [1.82, 2.24) is 14.5 Å². The molecule has 4 rings (SSSR count). The zero-order valence-electron chi connectivity index (χ0n) is 20.1. The van der Waals surface area contributed by atoms with Gasteiger partial charge >= 0.3 is 0 Å². The van der Waals surface area contributed by atoms with Gasteiger partial charge in [0, 0.05) is 45.2 Å². The summed E-state index contributed by atoms with van der Waals surface area (Å²) >= 11 is 12.1. The molecule has 1 aliphatic rings. The van der Waals surface area contributed by atoms with Crippen LogP contribution in [0.25, 0.3) is 0 Å². The molecule has 1 aliphatic heterocycles. The molecular weight excluding hydrogens is 489 g/mol. The average molecular weight is 520 g/mol. The zero-order valence-corrected chi connectivity index (χ0v) is 21.6. The van der Waals surface area contributed by atoms with Crippen LogP contribution in [0.2, 0.25) is 10.0 Å². The Morgan fingerprint density at radius 2 is 1.80 bits per heavy atom. The fraction of sp³-hybridized carbons (Fsp3) is 0.423. The standard InChI is InChI=1S/C26H31Cl2N3O4/c1-32-24-6-3-20(15-25(24)34-14-13-31-12-9-29-19-31)17-30-10-7-26(33-2,8-11-30)18-35-21-4-5-22(27)23(28)16-21/h3-6,9,12,15-16,19H,7-8,10-11,13-14,17-18H2,1-2H3. The molecule has 1 aromatic heterocycles. The summed E-state index contributed by atoms with van der Waals surface area (Å²) in [6.07, 6.45) is 7.20. The van der Waals surface area contributed by atoms with E-state index in [2.05, 4.69) is 22.0 Å². The summed E-state index contributed by atoms with van der Waals surface area (Å²) < 4.78 is 25.4. The normalized spacial score (nSPS) is 15.7. The molecule has 0 radical (unpaired) electrons. The molecule has 2 aromatic carbocycles. The number of imidazole rings is 1. The Morgan fingerprint density at radius 1 is 0.971 bits per heavy atom. The molecule has 0 unspecified atom stereocenters. The van der Waals surface area contributed by atoms with E-state index in [-0.39, 0.29) is 5.60 Å². The molecule has 0 amide bonds. The maximum Gasteiger partial charge on any atom is 0.161 e. The Kier molecular flexibility index (Phi) is 8.78. The molecule has 0 N–H and O–H groups in total. The second-order valence-electron chi connectivity index (χ2n) is 8.66. The Morgan fingerprint density at radius 3 is 2.49 bits per heavy atom. The number of hydrogen-bond acceptors (Lipinski definition) is 6. The number of methoxy groups -OCH3 is 2. The summed E-state index contributed by atoms with van der Waals surface area (Å²) in [4.78, 5) is 6.48. The molecule has 1 fully saturated rings. The highest BCUT2D eigenvalue weighted by Gasteiger charge is 2.35. The van der Waals surface area contributed by atoms with Crippen molar-refractivity contribution >= 4 is 23.2 Å². The van der Waals surface area contributed by atoms with E-state index in [1.807, 2.05) is 22.9 Å². The van der Waals surface area contributed by atoms with Gasteiger partial charge in [0.1, 0.15) is 24.6 Å². The first-order valence-electron chi connectivity index (χ1n) is 11.6. The minimum Gasteiger partial charge on any atom is -0.493 e. The van der Waals surface area contributed by atoms with Crippen LogP contribution < -0.4 is 14.2 Å². The van der Waals surface area contributed by atoms with Crippen molar-refractivity contribution < 1.29 is 18.9 Å². The van der Waals surface area contributed by atoms with Crippen molar-refractivity contribution in [2.24, 2.45) is 0 Å². The summed E-state index contributed by atoms with van der Waals surface area (Å²) in [5, 5.41) is 0.995. The van der Waals surface area contributed by atoms with Crippen molar-refractivity contribution in [3.63, 3.8) is 0 Å². The van der Waals surface area contributed by atoms with Gasteiger partial charge in [0.25, 0.3) is 0 Å². The van der Waals surface area contributed by atoms with Gasteiger partial charge in [-0.05, 0) is 42.7 Å². The number of piperidine rings is 1. The van der Waals surface area contributed by atoms with E-state index in [9.17, 15) is 0 Å². The molecule has 0 spiro atoms. The van der Waals surface area contributed by atoms with Gasteiger partial charge in [-0.3, -0.25) is 4.90 Å². The number of halogens is 2. The number of likely N-dealkylation sites (tertiary alicyclic amines) is 1. The summed E-state index contributed by atoms with van der Waals surface area (Å²) in [6.45, 7) is 4.36. The van der Waals surface area contributed by atoms with Gasteiger partial charge in [-0.25, -0.2) is 4.98 Å². The van der Waals surface area contributed by atoms with E-state index < -0.39 is 0 Å². The van der Waals surface area contributed by atoms with Crippen LogP contribution in [-0.2, 0) is 17.8 Å². The Balaban J connectivity index is 1.31.